The first kappa shape index (κ1) is 17.9. The Morgan fingerprint density at radius 3 is 2.07 bits per heavy atom. The number of hydroxylamine groups is 1. The van der Waals surface area contributed by atoms with Crippen LogP contribution in [-0.4, -0.2) is 17.9 Å². The average molecular weight is 405 g/mol. The van der Waals surface area contributed by atoms with Crippen LogP contribution in [0.1, 0.15) is 11.6 Å². The van der Waals surface area contributed by atoms with Crippen LogP contribution in [-0.2, 0) is 14.4 Å². The summed E-state index contributed by atoms with van der Waals surface area (Å²) in [5.74, 6) is -1.37. The van der Waals surface area contributed by atoms with Gasteiger partial charge in [-0.05, 0) is 29.8 Å². The number of rotatable bonds is 3. The third kappa shape index (κ3) is 2.82. The van der Waals surface area contributed by atoms with E-state index in [9.17, 15) is 9.59 Å². The SMILES string of the molecule is O=C1[C@H]2[C@@H](ON(c3ccccc3)[C@H]2c2ccccc2)C(=O)N1c1ccccc1Cl. The number of nitrogens with zero attached hydrogens (tertiary/aromatic N) is 2. The molecule has 0 spiro atoms. The second-order valence-electron chi connectivity index (χ2n) is 7.03. The first-order valence-corrected chi connectivity index (χ1v) is 9.73. The van der Waals surface area contributed by atoms with E-state index < -0.39 is 24.0 Å². The summed E-state index contributed by atoms with van der Waals surface area (Å²) < 4.78 is 0. The van der Waals surface area contributed by atoms with Crippen molar-refractivity contribution >= 4 is 34.8 Å². The molecule has 0 N–H and O–H groups in total. The largest absolute Gasteiger partial charge is 0.273 e. The van der Waals surface area contributed by atoms with Gasteiger partial charge in [0, 0.05) is 0 Å². The molecule has 3 aromatic rings. The van der Waals surface area contributed by atoms with Crippen LogP contribution in [0.2, 0.25) is 5.02 Å². The first-order chi connectivity index (χ1) is 14.2. The number of para-hydroxylation sites is 2. The number of fused-ring (bicyclic) bond motifs is 1. The Labute approximate surface area is 173 Å². The quantitative estimate of drug-likeness (QED) is 0.607. The Balaban J connectivity index is 1.60. The van der Waals surface area contributed by atoms with Crippen molar-refractivity contribution in [2.24, 2.45) is 5.92 Å². The van der Waals surface area contributed by atoms with E-state index in [1.807, 2.05) is 60.7 Å². The summed E-state index contributed by atoms with van der Waals surface area (Å²) in [5.41, 5.74) is 2.09. The lowest BCUT2D eigenvalue weighted by molar-refractivity contribution is -0.126. The van der Waals surface area contributed by atoms with Crippen LogP contribution in [0, 0.1) is 5.92 Å². The van der Waals surface area contributed by atoms with Crippen LogP contribution >= 0.6 is 11.6 Å². The van der Waals surface area contributed by atoms with E-state index >= 15 is 0 Å². The molecule has 0 unspecified atom stereocenters. The topological polar surface area (TPSA) is 49.9 Å². The molecule has 29 heavy (non-hydrogen) atoms. The van der Waals surface area contributed by atoms with E-state index in [0.29, 0.717) is 10.7 Å². The van der Waals surface area contributed by atoms with E-state index in [1.165, 1.54) is 0 Å². The van der Waals surface area contributed by atoms with Crippen molar-refractivity contribution in [3.05, 3.63) is 95.5 Å². The van der Waals surface area contributed by atoms with Gasteiger partial charge < -0.3 is 0 Å². The zero-order valence-corrected chi connectivity index (χ0v) is 16.1. The number of carbonyl (C=O) groups is 2. The Bertz CT molecular complexity index is 1070. The zero-order chi connectivity index (χ0) is 20.0. The highest BCUT2D eigenvalue weighted by molar-refractivity contribution is 6.36. The van der Waals surface area contributed by atoms with Gasteiger partial charge in [-0.2, -0.15) is 0 Å². The predicted molar refractivity (Wildman–Crippen MR) is 110 cm³/mol. The molecule has 2 saturated heterocycles. The number of carbonyl (C=O) groups excluding carboxylic acids is 2. The van der Waals surface area contributed by atoms with Gasteiger partial charge in [0.25, 0.3) is 5.91 Å². The molecule has 5 rings (SSSR count). The van der Waals surface area contributed by atoms with Gasteiger partial charge >= 0.3 is 0 Å². The van der Waals surface area contributed by atoms with Crippen molar-refractivity contribution in [1.29, 1.82) is 0 Å². The molecule has 2 fully saturated rings. The minimum atomic E-state index is -0.899. The maximum absolute atomic E-state index is 13.5. The number of hydrogen-bond donors (Lipinski definition) is 0. The zero-order valence-electron chi connectivity index (χ0n) is 15.3. The summed E-state index contributed by atoms with van der Waals surface area (Å²) in [7, 11) is 0. The highest BCUT2D eigenvalue weighted by Gasteiger charge is 2.60. The molecule has 0 bridgehead atoms. The molecule has 0 aromatic heterocycles. The molecule has 2 aliphatic heterocycles. The van der Waals surface area contributed by atoms with Crippen molar-refractivity contribution < 1.29 is 14.4 Å². The third-order valence-electron chi connectivity index (χ3n) is 5.36. The van der Waals surface area contributed by atoms with Gasteiger partial charge in [-0.1, -0.05) is 72.3 Å². The lowest BCUT2D eigenvalue weighted by Gasteiger charge is -2.28. The summed E-state index contributed by atoms with van der Waals surface area (Å²) >= 11 is 6.27. The fraction of sp³-hybridized carbons (Fsp3) is 0.130. The summed E-state index contributed by atoms with van der Waals surface area (Å²) in [4.78, 5) is 33.9. The Morgan fingerprint density at radius 1 is 0.759 bits per heavy atom. The monoisotopic (exact) mass is 404 g/mol. The van der Waals surface area contributed by atoms with Gasteiger partial charge in [-0.15, -0.1) is 0 Å². The van der Waals surface area contributed by atoms with Crippen LogP contribution in [0.5, 0.6) is 0 Å². The summed E-state index contributed by atoms with van der Waals surface area (Å²) in [6, 6.07) is 25.6. The van der Waals surface area contributed by atoms with Crippen molar-refractivity contribution in [2.75, 3.05) is 9.96 Å². The third-order valence-corrected chi connectivity index (χ3v) is 5.68. The van der Waals surface area contributed by atoms with E-state index in [1.54, 1.807) is 29.3 Å². The number of imide groups is 1. The Hall–Kier alpha value is -3.15. The lowest BCUT2D eigenvalue weighted by Crippen LogP contribution is -2.37. The lowest BCUT2D eigenvalue weighted by atomic mass is 9.90. The van der Waals surface area contributed by atoms with Crippen LogP contribution in [0.4, 0.5) is 11.4 Å². The molecule has 0 aliphatic carbocycles. The molecule has 0 saturated carbocycles. The van der Waals surface area contributed by atoms with Crippen molar-refractivity contribution in [3.63, 3.8) is 0 Å². The van der Waals surface area contributed by atoms with E-state index in [2.05, 4.69) is 0 Å². The second kappa shape index (κ2) is 7.03. The molecular weight excluding hydrogens is 388 g/mol. The van der Waals surface area contributed by atoms with Gasteiger partial charge in [0.15, 0.2) is 6.10 Å². The van der Waals surface area contributed by atoms with Gasteiger partial charge in [-0.3, -0.25) is 14.4 Å². The molecular formula is C23H17ClN2O3. The molecule has 3 atom stereocenters. The van der Waals surface area contributed by atoms with Crippen molar-refractivity contribution in [3.8, 4) is 0 Å². The van der Waals surface area contributed by atoms with Gasteiger partial charge in [0.05, 0.1) is 22.4 Å². The number of hydrogen-bond acceptors (Lipinski definition) is 4. The molecule has 5 nitrogen and oxygen atoms in total. The highest BCUT2D eigenvalue weighted by Crippen LogP contribution is 2.48. The Kier molecular flexibility index (Phi) is 4.34. The Morgan fingerprint density at radius 2 is 1.38 bits per heavy atom. The fourth-order valence-corrected chi connectivity index (χ4v) is 4.29. The number of anilines is 2. The molecule has 2 amide bonds. The van der Waals surface area contributed by atoms with E-state index in [0.717, 1.165) is 16.2 Å². The van der Waals surface area contributed by atoms with Gasteiger partial charge in [0.2, 0.25) is 5.91 Å². The van der Waals surface area contributed by atoms with Crippen LogP contribution < -0.4 is 9.96 Å². The van der Waals surface area contributed by atoms with Crippen LogP contribution in [0.25, 0.3) is 0 Å². The standard InChI is InChI=1S/C23H17ClN2O3/c24-17-13-7-8-14-18(17)25-22(27)19-20(15-9-3-1-4-10-15)26(29-21(19)23(25)28)16-11-5-2-6-12-16/h1-14,19-21H/t19-,20+,21-/m1/s1. The maximum Gasteiger partial charge on any atom is 0.266 e. The first-order valence-electron chi connectivity index (χ1n) is 9.35. The predicted octanol–water partition coefficient (Wildman–Crippen LogP) is 4.39. The van der Waals surface area contributed by atoms with Crippen LogP contribution in [0.15, 0.2) is 84.9 Å². The van der Waals surface area contributed by atoms with Crippen molar-refractivity contribution in [1.82, 2.24) is 0 Å². The van der Waals surface area contributed by atoms with Crippen molar-refractivity contribution in [2.45, 2.75) is 12.1 Å². The minimum Gasteiger partial charge on any atom is -0.273 e. The number of amides is 2. The summed E-state index contributed by atoms with van der Waals surface area (Å²) in [6.07, 6.45) is -0.899. The molecule has 3 aromatic carbocycles. The molecule has 144 valence electrons. The van der Waals surface area contributed by atoms with Gasteiger partial charge in [-0.25, -0.2) is 9.96 Å². The smallest absolute Gasteiger partial charge is 0.266 e. The summed E-state index contributed by atoms with van der Waals surface area (Å²) in [6.45, 7) is 0. The molecule has 6 heteroatoms. The molecule has 0 radical (unpaired) electrons. The average Bonchev–Trinajstić information content (AvgIpc) is 3.26. The van der Waals surface area contributed by atoms with E-state index in [4.69, 9.17) is 16.4 Å². The van der Waals surface area contributed by atoms with Crippen LogP contribution in [0.3, 0.4) is 0 Å². The molecule has 2 aliphatic rings. The number of benzene rings is 3. The second-order valence-corrected chi connectivity index (χ2v) is 7.44. The summed E-state index contributed by atoms with van der Waals surface area (Å²) in [5, 5.41) is 2.04. The normalized spacial score (nSPS) is 23.6. The highest BCUT2D eigenvalue weighted by atomic mass is 35.5. The molecule has 2 heterocycles. The minimum absolute atomic E-state index is 0.305. The number of halogens is 1. The van der Waals surface area contributed by atoms with Gasteiger partial charge in [0.1, 0.15) is 5.92 Å². The van der Waals surface area contributed by atoms with E-state index in [-0.39, 0.29) is 5.91 Å². The maximum atomic E-state index is 13.5. The fourth-order valence-electron chi connectivity index (χ4n) is 4.07.